The van der Waals surface area contributed by atoms with Crippen molar-refractivity contribution in [2.75, 3.05) is 0 Å². The van der Waals surface area contributed by atoms with Gasteiger partial charge in [-0.25, -0.2) is 0 Å². The van der Waals surface area contributed by atoms with E-state index >= 15 is 0 Å². The Bertz CT molecular complexity index is 760. The molecule has 0 saturated heterocycles. The smallest absolute Gasteiger partial charge is 0.250 e. The average Bonchev–Trinajstić information content (AvgIpc) is 2.75. The molecule has 19 heavy (non-hydrogen) atoms. The zero-order chi connectivity index (χ0) is 13.4. The Balaban J connectivity index is 2.36. The van der Waals surface area contributed by atoms with E-state index in [4.69, 9.17) is 5.73 Å². The molecule has 2 aromatic heterocycles. The van der Waals surface area contributed by atoms with Crippen molar-refractivity contribution < 1.29 is 4.79 Å². The number of aryl methyl sites for hydroxylation is 1. The van der Waals surface area contributed by atoms with Gasteiger partial charge in [0.05, 0.1) is 16.8 Å². The van der Waals surface area contributed by atoms with Crippen molar-refractivity contribution in [1.29, 1.82) is 0 Å². The van der Waals surface area contributed by atoms with Gasteiger partial charge in [0.25, 0.3) is 5.91 Å². The van der Waals surface area contributed by atoms with Gasteiger partial charge in [0, 0.05) is 22.8 Å². The molecule has 4 heteroatoms. The molecule has 0 radical (unpaired) electrons. The van der Waals surface area contributed by atoms with Crippen LogP contribution in [-0.2, 0) is 0 Å². The first-order chi connectivity index (χ1) is 9.18. The first kappa shape index (κ1) is 11.5. The van der Waals surface area contributed by atoms with Crippen LogP contribution in [0.25, 0.3) is 22.2 Å². The lowest BCUT2D eigenvalue weighted by Crippen LogP contribution is -2.11. The summed E-state index contributed by atoms with van der Waals surface area (Å²) in [5.74, 6) is -0.431. The number of rotatable bonds is 2. The number of nitrogens with one attached hydrogen (secondary N) is 1. The van der Waals surface area contributed by atoms with E-state index in [2.05, 4.69) is 9.97 Å². The van der Waals surface area contributed by atoms with Crippen LogP contribution in [0.3, 0.4) is 0 Å². The van der Waals surface area contributed by atoms with Crippen molar-refractivity contribution in [3.05, 3.63) is 53.9 Å². The van der Waals surface area contributed by atoms with Crippen molar-refractivity contribution >= 4 is 16.8 Å². The molecule has 4 nitrogen and oxygen atoms in total. The lowest BCUT2D eigenvalue weighted by atomic mass is 10.0. The average molecular weight is 251 g/mol. The van der Waals surface area contributed by atoms with Crippen LogP contribution in [0.2, 0.25) is 0 Å². The molecule has 94 valence electrons. The SMILES string of the molecule is Cc1[nH]c2c(C(N)=O)cccc2c1-c1ccccn1. The largest absolute Gasteiger partial charge is 0.366 e. The predicted molar refractivity (Wildman–Crippen MR) is 74.8 cm³/mol. The van der Waals surface area contributed by atoms with E-state index in [1.165, 1.54) is 0 Å². The summed E-state index contributed by atoms with van der Waals surface area (Å²) < 4.78 is 0. The minimum absolute atomic E-state index is 0.431. The molecular weight excluding hydrogens is 238 g/mol. The number of nitrogens with two attached hydrogens (primary N) is 1. The maximum Gasteiger partial charge on any atom is 0.250 e. The third-order valence-electron chi connectivity index (χ3n) is 3.21. The van der Waals surface area contributed by atoms with Crippen molar-refractivity contribution in [3.63, 3.8) is 0 Å². The highest BCUT2D eigenvalue weighted by molar-refractivity contribution is 6.09. The number of fused-ring (bicyclic) bond motifs is 1. The normalized spacial score (nSPS) is 10.8. The molecule has 0 aliphatic carbocycles. The van der Waals surface area contributed by atoms with Gasteiger partial charge in [-0.05, 0) is 25.1 Å². The molecular formula is C15H13N3O. The topological polar surface area (TPSA) is 71.8 Å². The summed E-state index contributed by atoms with van der Waals surface area (Å²) in [4.78, 5) is 19.1. The molecule has 1 aromatic carbocycles. The highest BCUT2D eigenvalue weighted by atomic mass is 16.1. The molecule has 0 atom stereocenters. The van der Waals surface area contributed by atoms with Crippen LogP contribution in [0.5, 0.6) is 0 Å². The maximum absolute atomic E-state index is 11.5. The summed E-state index contributed by atoms with van der Waals surface area (Å²) in [6.45, 7) is 1.97. The fourth-order valence-electron chi connectivity index (χ4n) is 2.39. The van der Waals surface area contributed by atoms with Crippen molar-refractivity contribution in [2.45, 2.75) is 6.92 Å². The monoisotopic (exact) mass is 251 g/mol. The molecule has 0 saturated carbocycles. The quantitative estimate of drug-likeness (QED) is 0.735. The second-order valence-electron chi connectivity index (χ2n) is 4.43. The highest BCUT2D eigenvalue weighted by Crippen LogP contribution is 2.32. The third kappa shape index (κ3) is 1.78. The Morgan fingerprint density at radius 1 is 1.21 bits per heavy atom. The van der Waals surface area contributed by atoms with Gasteiger partial charge in [-0.15, -0.1) is 0 Å². The van der Waals surface area contributed by atoms with Crippen LogP contribution in [0.4, 0.5) is 0 Å². The maximum atomic E-state index is 11.5. The first-order valence-electron chi connectivity index (χ1n) is 6.01. The minimum atomic E-state index is -0.431. The van der Waals surface area contributed by atoms with E-state index in [1.54, 1.807) is 12.3 Å². The highest BCUT2D eigenvalue weighted by Gasteiger charge is 2.15. The Morgan fingerprint density at radius 2 is 2.05 bits per heavy atom. The number of primary amides is 1. The van der Waals surface area contributed by atoms with Gasteiger partial charge >= 0.3 is 0 Å². The van der Waals surface area contributed by atoms with Crippen LogP contribution < -0.4 is 5.73 Å². The van der Waals surface area contributed by atoms with E-state index in [0.29, 0.717) is 5.56 Å². The van der Waals surface area contributed by atoms with Gasteiger partial charge in [0.15, 0.2) is 0 Å². The lowest BCUT2D eigenvalue weighted by molar-refractivity contribution is 0.100. The third-order valence-corrected chi connectivity index (χ3v) is 3.21. The van der Waals surface area contributed by atoms with Gasteiger partial charge < -0.3 is 10.7 Å². The number of H-pyrrole nitrogens is 1. The predicted octanol–water partition coefficient (Wildman–Crippen LogP) is 2.64. The van der Waals surface area contributed by atoms with Crippen LogP contribution in [0.15, 0.2) is 42.6 Å². The number of amides is 1. The summed E-state index contributed by atoms with van der Waals surface area (Å²) in [5, 5.41) is 0.965. The summed E-state index contributed by atoms with van der Waals surface area (Å²) >= 11 is 0. The number of aromatic nitrogens is 2. The standard InChI is InChI=1S/C15H13N3O/c1-9-13(12-7-2-3-8-17-12)10-5-4-6-11(15(16)19)14(10)18-9/h2-8,18H,1H3,(H2,16,19). The van der Waals surface area contributed by atoms with Crippen molar-refractivity contribution in [1.82, 2.24) is 9.97 Å². The number of carbonyl (C=O) groups is 1. The number of nitrogens with zero attached hydrogens (tertiary/aromatic N) is 1. The van der Waals surface area contributed by atoms with E-state index < -0.39 is 5.91 Å². The number of carbonyl (C=O) groups excluding carboxylic acids is 1. The molecule has 3 rings (SSSR count). The summed E-state index contributed by atoms with van der Waals surface area (Å²) in [6.07, 6.45) is 1.76. The number of pyridine rings is 1. The first-order valence-corrected chi connectivity index (χ1v) is 6.01. The lowest BCUT2D eigenvalue weighted by Gasteiger charge is -2.01. The molecule has 3 N–H and O–H groups in total. The summed E-state index contributed by atoms with van der Waals surface area (Å²) in [7, 11) is 0. The van der Waals surface area contributed by atoms with Crippen LogP contribution in [-0.4, -0.2) is 15.9 Å². The summed E-state index contributed by atoms with van der Waals surface area (Å²) in [6, 6.07) is 11.3. The van der Waals surface area contributed by atoms with Crippen LogP contribution in [0, 0.1) is 6.92 Å². The second kappa shape index (κ2) is 4.24. The zero-order valence-electron chi connectivity index (χ0n) is 10.5. The molecule has 1 amide bonds. The Kier molecular flexibility index (Phi) is 2.56. The number of para-hydroxylation sites is 1. The molecule has 0 spiro atoms. The Labute approximate surface area is 110 Å². The van der Waals surface area contributed by atoms with Gasteiger partial charge in [-0.2, -0.15) is 0 Å². The van der Waals surface area contributed by atoms with E-state index in [-0.39, 0.29) is 0 Å². The Hall–Kier alpha value is -2.62. The fourth-order valence-corrected chi connectivity index (χ4v) is 2.39. The molecule has 3 aromatic rings. The van der Waals surface area contributed by atoms with E-state index in [9.17, 15) is 4.79 Å². The van der Waals surface area contributed by atoms with Crippen LogP contribution in [0.1, 0.15) is 16.1 Å². The Morgan fingerprint density at radius 3 is 2.74 bits per heavy atom. The molecule has 0 unspecified atom stereocenters. The van der Waals surface area contributed by atoms with Crippen molar-refractivity contribution in [2.24, 2.45) is 5.73 Å². The van der Waals surface area contributed by atoms with Gasteiger partial charge in [0.1, 0.15) is 0 Å². The van der Waals surface area contributed by atoms with Gasteiger partial charge in [-0.3, -0.25) is 9.78 Å². The number of hydrogen-bond donors (Lipinski definition) is 2. The molecule has 0 fully saturated rings. The van der Waals surface area contributed by atoms with Gasteiger partial charge in [0.2, 0.25) is 0 Å². The zero-order valence-corrected chi connectivity index (χ0v) is 10.5. The molecule has 0 aliphatic heterocycles. The minimum Gasteiger partial charge on any atom is -0.366 e. The summed E-state index contributed by atoms with van der Waals surface area (Å²) in [5.41, 5.74) is 9.55. The molecule has 0 bridgehead atoms. The second-order valence-corrected chi connectivity index (χ2v) is 4.43. The number of hydrogen-bond acceptors (Lipinski definition) is 2. The molecule has 0 aliphatic rings. The van der Waals surface area contributed by atoms with Crippen LogP contribution >= 0.6 is 0 Å². The van der Waals surface area contributed by atoms with Gasteiger partial charge in [-0.1, -0.05) is 18.2 Å². The van der Waals surface area contributed by atoms with E-state index in [1.807, 2.05) is 37.3 Å². The van der Waals surface area contributed by atoms with E-state index in [0.717, 1.165) is 27.9 Å². The van der Waals surface area contributed by atoms with Crippen molar-refractivity contribution in [3.8, 4) is 11.3 Å². The molecule has 2 heterocycles. The fraction of sp³-hybridized carbons (Fsp3) is 0.0667. The number of benzene rings is 1. The number of aromatic amines is 1.